The number of hydrogen-bond acceptors (Lipinski definition) is 4. The van der Waals surface area contributed by atoms with Gasteiger partial charge in [-0.1, -0.05) is 24.6 Å². The van der Waals surface area contributed by atoms with Crippen molar-refractivity contribution in [1.29, 1.82) is 0 Å². The van der Waals surface area contributed by atoms with Crippen LogP contribution in [0.5, 0.6) is 0 Å². The lowest BCUT2D eigenvalue weighted by atomic mass is 9.90. The van der Waals surface area contributed by atoms with Gasteiger partial charge in [0.1, 0.15) is 12.7 Å². The number of likely N-dealkylation sites (tertiary alicyclic amines) is 1. The second-order valence-corrected chi connectivity index (χ2v) is 6.44. The van der Waals surface area contributed by atoms with Crippen molar-refractivity contribution in [2.75, 3.05) is 13.1 Å². The van der Waals surface area contributed by atoms with E-state index in [1.165, 1.54) is 24.7 Å². The predicted molar refractivity (Wildman–Crippen MR) is 88.0 cm³/mol. The van der Waals surface area contributed by atoms with E-state index in [1.807, 2.05) is 12.1 Å². The highest BCUT2D eigenvalue weighted by atomic mass is 35.5. The summed E-state index contributed by atoms with van der Waals surface area (Å²) in [5, 5.41) is 4.94. The van der Waals surface area contributed by atoms with Gasteiger partial charge in [-0.2, -0.15) is 5.10 Å². The lowest BCUT2D eigenvalue weighted by molar-refractivity contribution is 0.0990. The Morgan fingerprint density at radius 3 is 3.00 bits per heavy atom. The van der Waals surface area contributed by atoms with Gasteiger partial charge in [0.15, 0.2) is 0 Å². The monoisotopic (exact) mass is 319 g/mol. The zero-order valence-corrected chi connectivity index (χ0v) is 13.6. The van der Waals surface area contributed by atoms with Gasteiger partial charge in [-0.3, -0.25) is 4.90 Å². The second kappa shape index (κ2) is 6.77. The molecule has 1 fully saturated rings. The number of halogens is 1. The number of piperidine rings is 1. The van der Waals surface area contributed by atoms with Crippen molar-refractivity contribution >= 4 is 11.6 Å². The van der Waals surface area contributed by atoms with Gasteiger partial charge in [0, 0.05) is 24.2 Å². The number of nitrogens with zero attached hydrogens (tertiary/aromatic N) is 4. The van der Waals surface area contributed by atoms with Crippen LogP contribution >= 0.6 is 11.6 Å². The molecule has 1 aromatic carbocycles. The van der Waals surface area contributed by atoms with Gasteiger partial charge in [0.2, 0.25) is 0 Å². The Labute approximate surface area is 136 Å². The SMILES string of the molecule is CC1CCCN(Cc2ccc(Cl)cc2-n2cncn2)C1CN. The molecule has 1 aliphatic rings. The summed E-state index contributed by atoms with van der Waals surface area (Å²) in [6.07, 6.45) is 5.73. The van der Waals surface area contributed by atoms with Crippen LogP contribution in [0.15, 0.2) is 30.9 Å². The molecule has 118 valence electrons. The van der Waals surface area contributed by atoms with Crippen molar-refractivity contribution in [3.63, 3.8) is 0 Å². The molecule has 22 heavy (non-hydrogen) atoms. The van der Waals surface area contributed by atoms with Crippen molar-refractivity contribution in [2.45, 2.75) is 32.4 Å². The third-order valence-electron chi connectivity index (χ3n) is 4.56. The maximum Gasteiger partial charge on any atom is 0.138 e. The number of benzene rings is 1. The van der Waals surface area contributed by atoms with Crippen molar-refractivity contribution in [3.8, 4) is 5.69 Å². The van der Waals surface area contributed by atoms with Crippen molar-refractivity contribution in [1.82, 2.24) is 19.7 Å². The standard InChI is InChI=1S/C16H22ClN5/c1-12-3-2-6-21(16(12)8-18)9-13-4-5-14(17)7-15(13)22-11-19-10-20-22/h4-5,7,10-12,16H,2-3,6,8-9,18H2,1H3. The summed E-state index contributed by atoms with van der Waals surface area (Å²) < 4.78 is 1.77. The van der Waals surface area contributed by atoms with Gasteiger partial charge in [0.05, 0.1) is 5.69 Å². The summed E-state index contributed by atoms with van der Waals surface area (Å²) in [6, 6.07) is 6.39. The van der Waals surface area contributed by atoms with E-state index >= 15 is 0 Å². The summed E-state index contributed by atoms with van der Waals surface area (Å²) in [7, 11) is 0. The van der Waals surface area contributed by atoms with E-state index in [0.29, 0.717) is 23.5 Å². The Kier molecular flexibility index (Phi) is 4.76. The quantitative estimate of drug-likeness (QED) is 0.940. The Balaban J connectivity index is 1.89. The molecule has 0 spiro atoms. The van der Waals surface area contributed by atoms with Gasteiger partial charge in [-0.05, 0) is 43.0 Å². The van der Waals surface area contributed by atoms with Crippen LogP contribution in [0.4, 0.5) is 0 Å². The molecule has 1 aromatic heterocycles. The Hall–Kier alpha value is -1.43. The van der Waals surface area contributed by atoms with E-state index in [9.17, 15) is 0 Å². The molecule has 0 saturated carbocycles. The van der Waals surface area contributed by atoms with Crippen LogP contribution in [0.1, 0.15) is 25.3 Å². The minimum Gasteiger partial charge on any atom is -0.329 e. The van der Waals surface area contributed by atoms with Crippen LogP contribution in [-0.2, 0) is 6.54 Å². The maximum atomic E-state index is 6.16. The maximum absolute atomic E-state index is 6.16. The van der Waals surface area contributed by atoms with E-state index in [4.69, 9.17) is 17.3 Å². The van der Waals surface area contributed by atoms with Crippen LogP contribution in [0.2, 0.25) is 5.02 Å². The minimum absolute atomic E-state index is 0.438. The third kappa shape index (κ3) is 3.16. The summed E-state index contributed by atoms with van der Waals surface area (Å²) >= 11 is 6.16. The molecule has 1 aliphatic heterocycles. The molecule has 3 rings (SSSR count). The van der Waals surface area contributed by atoms with Crippen LogP contribution in [0.3, 0.4) is 0 Å². The van der Waals surface area contributed by atoms with E-state index in [-0.39, 0.29) is 0 Å². The van der Waals surface area contributed by atoms with Crippen LogP contribution in [-0.4, -0.2) is 38.8 Å². The van der Waals surface area contributed by atoms with Crippen molar-refractivity contribution in [2.24, 2.45) is 11.7 Å². The third-order valence-corrected chi connectivity index (χ3v) is 4.79. The Morgan fingerprint density at radius 1 is 1.41 bits per heavy atom. The fraction of sp³-hybridized carbons (Fsp3) is 0.500. The molecule has 0 radical (unpaired) electrons. The molecule has 2 atom stereocenters. The molecule has 0 amide bonds. The summed E-state index contributed by atoms with van der Waals surface area (Å²) in [6.45, 7) is 4.95. The normalized spacial score (nSPS) is 22.9. The zero-order valence-electron chi connectivity index (χ0n) is 12.8. The summed E-state index contributed by atoms with van der Waals surface area (Å²) in [4.78, 5) is 6.52. The highest BCUT2D eigenvalue weighted by Crippen LogP contribution is 2.27. The minimum atomic E-state index is 0.438. The Morgan fingerprint density at radius 2 is 2.27 bits per heavy atom. The smallest absolute Gasteiger partial charge is 0.138 e. The van der Waals surface area contributed by atoms with Gasteiger partial charge < -0.3 is 5.73 Å². The van der Waals surface area contributed by atoms with Crippen LogP contribution in [0.25, 0.3) is 5.69 Å². The molecule has 2 aromatic rings. The molecular formula is C16H22ClN5. The molecule has 5 nitrogen and oxygen atoms in total. The highest BCUT2D eigenvalue weighted by Gasteiger charge is 2.27. The van der Waals surface area contributed by atoms with Gasteiger partial charge in [0.25, 0.3) is 0 Å². The van der Waals surface area contributed by atoms with Gasteiger partial charge in [-0.15, -0.1) is 0 Å². The highest BCUT2D eigenvalue weighted by molar-refractivity contribution is 6.30. The van der Waals surface area contributed by atoms with Crippen molar-refractivity contribution < 1.29 is 0 Å². The first-order valence-corrected chi connectivity index (χ1v) is 8.14. The number of nitrogens with two attached hydrogens (primary N) is 1. The molecular weight excluding hydrogens is 298 g/mol. The Bertz CT molecular complexity index is 613. The number of rotatable bonds is 4. The first-order valence-electron chi connectivity index (χ1n) is 7.76. The lowest BCUT2D eigenvalue weighted by Gasteiger charge is -2.39. The fourth-order valence-corrected chi connectivity index (χ4v) is 3.51. The zero-order chi connectivity index (χ0) is 15.5. The molecule has 2 unspecified atom stereocenters. The number of hydrogen-bond donors (Lipinski definition) is 1. The molecule has 2 heterocycles. The molecule has 0 aliphatic carbocycles. The van der Waals surface area contributed by atoms with Crippen molar-refractivity contribution in [3.05, 3.63) is 41.4 Å². The van der Waals surface area contributed by atoms with E-state index in [2.05, 4.69) is 28.0 Å². The van der Waals surface area contributed by atoms with Crippen LogP contribution in [0, 0.1) is 5.92 Å². The second-order valence-electron chi connectivity index (χ2n) is 6.01. The average Bonchev–Trinajstić information content (AvgIpc) is 3.03. The topological polar surface area (TPSA) is 60.0 Å². The lowest BCUT2D eigenvalue weighted by Crippen LogP contribution is -2.48. The largest absolute Gasteiger partial charge is 0.329 e. The first-order chi connectivity index (χ1) is 10.7. The van der Waals surface area contributed by atoms with Gasteiger partial charge in [-0.25, -0.2) is 9.67 Å². The summed E-state index contributed by atoms with van der Waals surface area (Å²) in [5.74, 6) is 0.640. The molecule has 1 saturated heterocycles. The van der Waals surface area contributed by atoms with E-state index in [1.54, 1.807) is 11.0 Å². The average molecular weight is 320 g/mol. The first kappa shape index (κ1) is 15.5. The van der Waals surface area contributed by atoms with E-state index < -0.39 is 0 Å². The van der Waals surface area contributed by atoms with Gasteiger partial charge >= 0.3 is 0 Å². The van der Waals surface area contributed by atoms with E-state index in [0.717, 1.165) is 18.8 Å². The molecule has 0 bridgehead atoms. The molecule has 2 N–H and O–H groups in total. The summed E-state index contributed by atoms with van der Waals surface area (Å²) in [5.41, 5.74) is 8.19. The van der Waals surface area contributed by atoms with Crippen LogP contribution < -0.4 is 5.73 Å². The predicted octanol–water partition coefficient (Wildman–Crippen LogP) is 2.48. The number of aromatic nitrogens is 3. The molecule has 6 heteroatoms. The fourth-order valence-electron chi connectivity index (χ4n) is 3.35.